The van der Waals surface area contributed by atoms with Gasteiger partial charge in [0, 0.05) is 85.8 Å². The minimum Gasteiger partial charge on any atom is -0.476 e. The molecule has 218 valence electrons. The fraction of sp³-hybridized carbons (Fsp3) is 0.344. The van der Waals surface area contributed by atoms with E-state index >= 15 is 0 Å². The quantitative estimate of drug-likeness (QED) is 0.277. The van der Waals surface area contributed by atoms with Crippen molar-refractivity contribution in [2.75, 3.05) is 39.3 Å². The summed E-state index contributed by atoms with van der Waals surface area (Å²) in [6, 6.07) is 5.81. The number of ether oxygens (including phenoxy) is 2. The SMILES string of the molecule is C=Cc1nccc(-c2cnn3cc(-c4ccc(OCCN5CCN(C(=O)OC(C)(C)C)CC5)nc4)cnc23)c1/C=C\C. The lowest BCUT2D eigenvalue weighted by atomic mass is 10.0. The molecule has 5 heterocycles. The van der Waals surface area contributed by atoms with Gasteiger partial charge in [0.25, 0.3) is 0 Å². The average Bonchev–Trinajstić information content (AvgIpc) is 3.40. The lowest BCUT2D eigenvalue weighted by molar-refractivity contribution is 0.0136. The van der Waals surface area contributed by atoms with Crippen LogP contribution in [-0.2, 0) is 4.74 Å². The highest BCUT2D eigenvalue weighted by Gasteiger charge is 2.25. The highest BCUT2D eigenvalue weighted by molar-refractivity contribution is 5.86. The number of carbonyl (C=O) groups is 1. The molecule has 5 rings (SSSR count). The van der Waals surface area contributed by atoms with Gasteiger partial charge in [-0.15, -0.1) is 0 Å². The second kappa shape index (κ2) is 12.5. The molecule has 1 fully saturated rings. The van der Waals surface area contributed by atoms with E-state index in [0.29, 0.717) is 25.6 Å². The Morgan fingerprint density at radius 1 is 1.00 bits per heavy atom. The van der Waals surface area contributed by atoms with Crippen molar-refractivity contribution in [1.82, 2.24) is 34.4 Å². The number of hydrogen-bond acceptors (Lipinski definition) is 8. The Hall–Kier alpha value is -4.57. The fourth-order valence-corrected chi connectivity index (χ4v) is 4.84. The minimum absolute atomic E-state index is 0.251. The zero-order chi connectivity index (χ0) is 29.7. The lowest BCUT2D eigenvalue weighted by Gasteiger charge is -2.35. The summed E-state index contributed by atoms with van der Waals surface area (Å²) >= 11 is 0. The Bertz CT molecular complexity index is 1580. The summed E-state index contributed by atoms with van der Waals surface area (Å²) in [6.07, 6.45) is 14.7. The highest BCUT2D eigenvalue weighted by atomic mass is 16.6. The van der Waals surface area contributed by atoms with Gasteiger partial charge in [0.15, 0.2) is 5.65 Å². The van der Waals surface area contributed by atoms with Crippen LogP contribution in [-0.4, -0.2) is 85.4 Å². The van der Waals surface area contributed by atoms with Crippen LogP contribution in [0.15, 0.2) is 61.8 Å². The van der Waals surface area contributed by atoms with E-state index in [0.717, 1.165) is 58.8 Å². The first-order chi connectivity index (χ1) is 20.3. The van der Waals surface area contributed by atoms with Crippen molar-refractivity contribution in [1.29, 1.82) is 0 Å². The van der Waals surface area contributed by atoms with E-state index in [4.69, 9.17) is 14.5 Å². The summed E-state index contributed by atoms with van der Waals surface area (Å²) in [7, 11) is 0. The molecular formula is C32H37N7O3. The van der Waals surface area contributed by atoms with Gasteiger partial charge in [-0.2, -0.15) is 5.10 Å². The molecule has 1 amide bonds. The maximum absolute atomic E-state index is 12.3. The van der Waals surface area contributed by atoms with E-state index in [-0.39, 0.29) is 6.09 Å². The molecule has 0 bridgehead atoms. The fourth-order valence-electron chi connectivity index (χ4n) is 4.84. The average molecular weight is 568 g/mol. The third-order valence-corrected chi connectivity index (χ3v) is 6.95. The number of nitrogens with zero attached hydrogens (tertiary/aromatic N) is 7. The van der Waals surface area contributed by atoms with Crippen molar-refractivity contribution in [2.45, 2.75) is 33.3 Å². The Morgan fingerprint density at radius 3 is 2.48 bits per heavy atom. The number of pyridine rings is 2. The summed E-state index contributed by atoms with van der Waals surface area (Å²) < 4.78 is 13.2. The molecule has 1 saturated heterocycles. The van der Waals surface area contributed by atoms with Gasteiger partial charge >= 0.3 is 6.09 Å². The van der Waals surface area contributed by atoms with E-state index in [1.54, 1.807) is 27.9 Å². The molecule has 0 aliphatic carbocycles. The molecule has 0 spiro atoms. The van der Waals surface area contributed by atoms with Crippen molar-refractivity contribution in [3.05, 3.63) is 73.1 Å². The van der Waals surface area contributed by atoms with E-state index in [1.165, 1.54) is 0 Å². The second-order valence-electron chi connectivity index (χ2n) is 11.1. The summed E-state index contributed by atoms with van der Waals surface area (Å²) in [5, 5.41) is 4.58. The van der Waals surface area contributed by atoms with Crippen molar-refractivity contribution >= 4 is 23.9 Å². The number of piperazine rings is 1. The Balaban J connectivity index is 1.18. The largest absolute Gasteiger partial charge is 0.476 e. The molecule has 42 heavy (non-hydrogen) atoms. The van der Waals surface area contributed by atoms with E-state index in [2.05, 4.69) is 26.5 Å². The molecule has 4 aromatic rings. The van der Waals surface area contributed by atoms with Gasteiger partial charge in [-0.05, 0) is 51.5 Å². The lowest BCUT2D eigenvalue weighted by Crippen LogP contribution is -2.50. The van der Waals surface area contributed by atoms with Gasteiger partial charge in [0.1, 0.15) is 12.2 Å². The number of rotatable bonds is 8. The number of amides is 1. The third kappa shape index (κ3) is 6.66. The van der Waals surface area contributed by atoms with Gasteiger partial charge in [-0.1, -0.05) is 18.7 Å². The topological polar surface area (TPSA) is 98.0 Å². The summed E-state index contributed by atoms with van der Waals surface area (Å²) in [4.78, 5) is 30.0. The first-order valence-corrected chi connectivity index (χ1v) is 14.1. The first kappa shape index (κ1) is 28.9. The molecule has 10 heteroatoms. The van der Waals surface area contributed by atoms with Crippen LogP contribution >= 0.6 is 0 Å². The van der Waals surface area contributed by atoms with Crippen LogP contribution in [0.1, 0.15) is 39.0 Å². The monoisotopic (exact) mass is 567 g/mol. The Kier molecular flexibility index (Phi) is 8.63. The number of hydrogen-bond donors (Lipinski definition) is 0. The summed E-state index contributed by atoms with van der Waals surface area (Å²) in [6.45, 7) is 15.7. The molecule has 0 N–H and O–H groups in total. The molecule has 1 aliphatic heterocycles. The van der Waals surface area contributed by atoms with Crippen molar-refractivity contribution in [2.24, 2.45) is 0 Å². The van der Waals surface area contributed by atoms with E-state index in [9.17, 15) is 4.79 Å². The second-order valence-corrected chi connectivity index (χ2v) is 11.1. The first-order valence-electron chi connectivity index (χ1n) is 14.1. The Labute approximate surface area is 246 Å². The molecule has 0 atom stereocenters. The summed E-state index contributed by atoms with van der Waals surface area (Å²) in [5.41, 5.74) is 5.81. The van der Waals surface area contributed by atoms with Crippen LogP contribution in [0.25, 0.3) is 40.1 Å². The molecule has 1 aliphatic rings. The standard InChI is InChI=1S/C32H37N7O3/c1-6-8-26-25(11-12-33-28(26)7-2)27-21-36-39-22-24(20-35-30(27)39)23-9-10-29(34-19-23)41-18-17-37-13-15-38(16-14-37)31(40)42-32(3,4)5/h6-12,19-22H,2,13-18H2,1,3-5H3/b8-6-. The molecule has 0 saturated carbocycles. The van der Waals surface area contributed by atoms with Crippen LogP contribution < -0.4 is 4.74 Å². The number of carbonyl (C=O) groups excluding carboxylic acids is 1. The molecule has 0 aromatic carbocycles. The number of allylic oxidation sites excluding steroid dienone is 1. The summed E-state index contributed by atoms with van der Waals surface area (Å²) in [5.74, 6) is 0.564. The normalized spacial score (nSPS) is 14.4. The van der Waals surface area contributed by atoms with Crippen LogP contribution in [0.2, 0.25) is 0 Å². The van der Waals surface area contributed by atoms with Crippen molar-refractivity contribution in [3.8, 4) is 28.1 Å². The van der Waals surface area contributed by atoms with Crippen LogP contribution in [0, 0.1) is 0 Å². The zero-order valence-electron chi connectivity index (χ0n) is 24.7. The molecule has 0 unspecified atom stereocenters. The smallest absolute Gasteiger partial charge is 0.410 e. The highest BCUT2D eigenvalue weighted by Crippen LogP contribution is 2.30. The van der Waals surface area contributed by atoms with E-state index in [1.807, 2.05) is 76.6 Å². The van der Waals surface area contributed by atoms with Crippen molar-refractivity contribution < 1.29 is 14.3 Å². The van der Waals surface area contributed by atoms with Crippen molar-refractivity contribution in [3.63, 3.8) is 0 Å². The molecule has 0 radical (unpaired) electrons. The zero-order valence-corrected chi connectivity index (χ0v) is 24.7. The van der Waals surface area contributed by atoms with Gasteiger partial charge < -0.3 is 14.4 Å². The molecular weight excluding hydrogens is 530 g/mol. The van der Waals surface area contributed by atoms with Gasteiger partial charge in [0.05, 0.1) is 11.9 Å². The predicted molar refractivity (Wildman–Crippen MR) is 164 cm³/mol. The van der Waals surface area contributed by atoms with Crippen LogP contribution in [0.3, 0.4) is 0 Å². The molecule has 4 aromatic heterocycles. The number of fused-ring (bicyclic) bond motifs is 1. The maximum Gasteiger partial charge on any atom is 0.410 e. The third-order valence-electron chi connectivity index (χ3n) is 6.95. The van der Waals surface area contributed by atoms with Gasteiger partial charge in [-0.3, -0.25) is 9.88 Å². The Morgan fingerprint density at radius 2 is 1.79 bits per heavy atom. The van der Waals surface area contributed by atoms with Gasteiger partial charge in [0.2, 0.25) is 5.88 Å². The minimum atomic E-state index is -0.482. The molecule has 10 nitrogen and oxygen atoms in total. The predicted octanol–water partition coefficient (Wildman–Crippen LogP) is 5.46. The van der Waals surface area contributed by atoms with Crippen LogP contribution in [0.5, 0.6) is 5.88 Å². The number of aromatic nitrogens is 5. The maximum atomic E-state index is 12.3. The van der Waals surface area contributed by atoms with Crippen LogP contribution in [0.4, 0.5) is 4.79 Å². The van der Waals surface area contributed by atoms with E-state index < -0.39 is 5.60 Å². The van der Waals surface area contributed by atoms with Gasteiger partial charge in [-0.25, -0.2) is 19.3 Å².